The first-order chi connectivity index (χ1) is 17.9. The van der Waals surface area contributed by atoms with Crippen molar-refractivity contribution in [2.24, 2.45) is 0 Å². The van der Waals surface area contributed by atoms with Gasteiger partial charge in [-0.3, -0.25) is 0 Å². The number of halogens is 7. The molecule has 6 nitrogen and oxygen atoms in total. The number of rotatable bonds is 5. The Labute approximate surface area is 235 Å². The largest absolute Gasteiger partial charge is 0.477 e. The van der Waals surface area contributed by atoms with E-state index in [1.54, 1.807) is 12.1 Å². The molecule has 0 fully saturated rings. The smallest absolute Gasteiger partial charge is 0.344 e. The fraction of sp³-hybridized carbons (Fsp3) is 0. The van der Waals surface area contributed by atoms with Gasteiger partial charge in [-0.15, -0.1) is 0 Å². The van der Waals surface area contributed by atoms with Crippen LogP contribution in [0.15, 0.2) is 61.9 Å². The summed E-state index contributed by atoms with van der Waals surface area (Å²) in [6.07, 6.45) is 0. The van der Waals surface area contributed by atoms with E-state index in [-0.39, 0.29) is 27.6 Å². The summed E-state index contributed by atoms with van der Waals surface area (Å²) in [4.78, 5) is 36.6. The first-order valence-corrected chi connectivity index (χ1v) is 12.5. The van der Waals surface area contributed by atoms with E-state index in [9.17, 15) is 31.9 Å². The molecule has 0 spiro atoms. The summed E-state index contributed by atoms with van der Waals surface area (Å²) in [6, 6.07) is 11.5. The van der Waals surface area contributed by atoms with Crippen LogP contribution in [0.25, 0.3) is 10.8 Å². The Kier molecular flexibility index (Phi) is 7.90. The fourth-order valence-electron chi connectivity index (χ4n) is 3.43. The number of carbonyl (C=O) groups is 3. The van der Waals surface area contributed by atoms with Gasteiger partial charge in [0.2, 0.25) is 17.4 Å². The maximum Gasteiger partial charge on any atom is 0.344 e. The van der Waals surface area contributed by atoms with E-state index in [1.807, 2.05) is 0 Å². The van der Waals surface area contributed by atoms with Gasteiger partial charge in [0.05, 0.1) is 11.1 Å². The molecule has 0 amide bonds. The SMILES string of the molecule is O=C(Oc1ccc(C(=O)Oc2c(F)c(F)c(C(=O)O)c(F)c2F)c2ccccc12)c1cc(Br)cc(Br)c1Br. The van der Waals surface area contributed by atoms with Crippen LogP contribution in [0.2, 0.25) is 0 Å². The van der Waals surface area contributed by atoms with E-state index >= 15 is 0 Å². The van der Waals surface area contributed by atoms with E-state index in [0.29, 0.717) is 13.4 Å². The molecule has 4 aromatic rings. The lowest BCUT2D eigenvalue weighted by Crippen LogP contribution is -2.16. The van der Waals surface area contributed by atoms with Gasteiger partial charge in [-0.1, -0.05) is 40.2 Å². The monoisotopic (exact) mass is 718 g/mol. The van der Waals surface area contributed by atoms with Crippen LogP contribution in [0.3, 0.4) is 0 Å². The number of fused-ring (bicyclic) bond motifs is 1. The van der Waals surface area contributed by atoms with Crippen LogP contribution >= 0.6 is 47.8 Å². The van der Waals surface area contributed by atoms with Crippen LogP contribution < -0.4 is 9.47 Å². The van der Waals surface area contributed by atoms with Crippen LogP contribution in [0.4, 0.5) is 17.6 Å². The Morgan fingerprint density at radius 1 is 0.711 bits per heavy atom. The lowest BCUT2D eigenvalue weighted by molar-refractivity contribution is 0.0680. The molecular weight excluding hydrogens is 712 g/mol. The van der Waals surface area contributed by atoms with Crippen LogP contribution in [-0.4, -0.2) is 23.0 Å². The molecule has 0 unspecified atom stereocenters. The van der Waals surface area contributed by atoms with E-state index in [2.05, 4.69) is 52.5 Å². The minimum atomic E-state index is -2.26. The Balaban J connectivity index is 1.72. The van der Waals surface area contributed by atoms with Gasteiger partial charge in [-0.25, -0.2) is 23.2 Å². The molecule has 0 atom stereocenters. The minimum absolute atomic E-state index is 0.0189. The fourth-order valence-corrected chi connectivity index (χ4v) is 5.05. The molecule has 0 heterocycles. The van der Waals surface area contributed by atoms with Crippen molar-refractivity contribution in [2.75, 3.05) is 0 Å². The van der Waals surface area contributed by atoms with Gasteiger partial charge >= 0.3 is 17.9 Å². The third kappa shape index (κ3) is 5.05. The summed E-state index contributed by atoms with van der Waals surface area (Å²) in [5.41, 5.74) is -2.01. The zero-order valence-corrected chi connectivity index (χ0v) is 23.0. The average Bonchev–Trinajstić information content (AvgIpc) is 2.87. The highest BCUT2D eigenvalue weighted by Gasteiger charge is 2.32. The van der Waals surface area contributed by atoms with Crippen LogP contribution in [0.5, 0.6) is 11.5 Å². The van der Waals surface area contributed by atoms with Crippen molar-refractivity contribution in [2.45, 2.75) is 0 Å². The molecule has 194 valence electrons. The second-order valence-corrected chi connectivity index (χ2v) is 10.0. The molecule has 0 saturated heterocycles. The Morgan fingerprint density at radius 3 is 1.89 bits per heavy atom. The molecule has 0 aromatic heterocycles. The highest BCUT2D eigenvalue weighted by atomic mass is 79.9. The molecule has 0 aliphatic heterocycles. The normalized spacial score (nSPS) is 10.9. The third-order valence-corrected chi connectivity index (χ3v) is 7.62. The van der Waals surface area contributed by atoms with E-state index in [1.165, 1.54) is 30.3 Å². The Bertz CT molecular complexity index is 1650. The number of esters is 2. The molecule has 38 heavy (non-hydrogen) atoms. The molecule has 0 bridgehead atoms. The van der Waals surface area contributed by atoms with Crippen molar-refractivity contribution >= 4 is 76.5 Å². The van der Waals surface area contributed by atoms with E-state index < -0.39 is 52.5 Å². The summed E-state index contributed by atoms with van der Waals surface area (Å²) in [5.74, 6) is -15.0. The number of carboxylic acids is 1. The molecule has 13 heteroatoms. The van der Waals surface area contributed by atoms with Crippen molar-refractivity contribution in [1.29, 1.82) is 0 Å². The first-order valence-electron chi connectivity index (χ1n) is 10.1. The predicted molar refractivity (Wildman–Crippen MR) is 137 cm³/mol. The van der Waals surface area contributed by atoms with Crippen LogP contribution in [0.1, 0.15) is 31.1 Å². The van der Waals surface area contributed by atoms with Crippen molar-refractivity contribution in [3.05, 3.63) is 102 Å². The standard InChI is InChI=1S/C25H9Br3F4O6/c26-9-7-13(17(28)14(27)8-9)25(36)37-15-6-5-12(10-3-1-2-4-11(10)15)24(35)38-22-20(31)18(29)16(23(33)34)19(30)21(22)32/h1-8H,(H,33,34). The topological polar surface area (TPSA) is 89.9 Å². The molecule has 1 N–H and O–H groups in total. The third-order valence-electron chi connectivity index (χ3n) is 5.15. The van der Waals surface area contributed by atoms with Gasteiger partial charge < -0.3 is 14.6 Å². The van der Waals surface area contributed by atoms with Gasteiger partial charge in [0, 0.05) is 18.8 Å². The molecule has 0 aliphatic carbocycles. The summed E-state index contributed by atoms with van der Waals surface area (Å²) in [5, 5.41) is 9.14. The number of aromatic carboxylic acids is 1. The highest BCUT2D eigenvalue weighted by molar-refractivity contribution is 9.13. The number of benzene rings is 4. The molecule has 4 rings (SSSR count). The number of hydrogen-bond acceptors (Lipinski definition) is 5. The quantitative estimate of drug-likeness (QED) is 0.0979. The lowest BCUT2D eigenvalue weighted by Gasteiger charge is -2.13. The van der Waals surface area contributed by atoms with Crippen LogP contribution in [-0.2, 0) is 0 Å². The molecule has 0 aliphatic rings. The zero-order chi connectivity index (χ0) is 27.9. The zero-order valence-electron chi connectivity index (χ0n) is 18.3. The minimum Gasteiger partial charge on any atom is -0.477 e. The maximum absolute atomic E-state index is 14.3. The average molecular weight is 721 g/mol. The summed E-state index contributed by atoms with van der Waals surface area (Å²) in [7, 11) is 0. The first kappa shape index (κ1) is 27.7. The predicted octanol–water partition coefficient (Wildman–Crippen LogP) is 7.82. The van der Waals surface area contributed by atoms with Crippen molar-refractivity contribution < 1.29 is 46.5 Å². The van der Waals surface area contributed by atoms with Crippen molar-refractivity contribution in [3.8, 4) is 11.5 Å². The molecule has 4 aromatic carbocycles. The van der Waals surface area contributed by atoms with E-state index in [4.69, 9.17) is 9.84 Å². The van der Waals surface area contributed by atoms with Gasteiger partial charge in [0.15, 0.2) is 11.6 Å². The van der Waals surface area contributed by atoms with Gasteiger partial charge in [0.1, 0.15) is 11.3 Å². The summed E-state index contributed by atoms with van der Waals surface area (Å²) in [6.45, 7) is 0. The van der Waals surface area contributed by atoms with Gasteiger partial charge in [-0.2, -0.15) is 8.78 Å². The maximum atomic E-state index is 14.3. The summed E-state index contributed by atoms with van der Waals surface area (Å²) >= 11 is 9.89. The second kappa shape index (κ2) is 10.8. The van der Waals surface area contributed by atoms with Crippen molar-refractivity contribution in [1.82, 2.24) is 0 Å². The number of hydrogen-bond donors (Lipinski definition) is 1. The second-order valence-electron chi connectivity index (χ2n) is 7.45. The Hall–Kier alpha value is -3.29. The summed E-state index contributed by atoms with van der Waals surface area (Å²) < 4.78 is 68.4. The Morgan fingerprint density at radius 2 is 1.29 bits per heavy atom. The van der Waals surface area contributed by atoms with Gasteiger partial charge in [0.25, 0.3) is 0 Å². The number of carbonyl (C=O) groups excluding carboxylic acids is 2. The number of carboxylic acid groups (broad SMARTS) is 1. The van der Waals surface area contributed by atoms with Gasteiger partial charge in [-0.05, 0) is 61.5 Å². The van der Waals surface area contributed by atoms with E-state index in [0.717, 1.165) is 6.07 Å². The lowest BCUT2D eigenvalue weighted by atomic mass is 10.0. The molecular formula is C25H9Br3F4O6. The van der Waals surface area contributed by atoms with Crippen molar-refractivity contribution in [3.63, 3.8) is 0 Å². The van der Waals surface area contributed by atoms with Crippen LogP contribution in [0, 0.1) is 23.3 Å². The molecule has 0 radical (unpaired) electrons. The number of ether oxygens (including phenoxy) is 2. The molecule has 0 saturated carbocycles. The highest BCUT2D eigenvalue weighted by Crippen LogP contribution is 2.35.